The number of amides is 1. The number of rotatable bonds is 3. The molecule has 2 atom stereocenters. The normalized spacial score (nSPS) is 23.7. The monoisotopic (exact) mass is 469 g/mol. The SMILES string of the molecule is CO[C@]1(CO)C[C@H](n2c3ccccc3c3c4c(c5c6ccccc6[nH]c5c32)CNC4=O)OC1(C)C. The average Bonchev–Trinajstić information content (AvgIpc) is 3.58. The lowest BCUT2D eigenvalue weighted by Crippen LogP contribution is -2.50. The van der Waals surface area contributed by atoms with Gasteiger partial charge in [0.05, 0.1) is 34.3 Å². The molecule has 1 fully saturated rings. The number of hydrogen-bond acceptors (Lipinski definition) is 4. The number of aliphatic hydroxyl groups is 1. The van der Waals surface area contributed by atoms with Crippen molar-refractivity contribution in [3.8, 4) is 0 Å². The zero-order valence-electron chi connectivity index (χ0n) is 19.9. The first-order valence-electron chi connectivity index (χ1n) is 12.0. The third kappa shape index (κ3) is 2.48. The van der Waals surface area contributed by atoms with Gasteiger partial charge in [0.1, 0.15) is 11.8 Å². The third-order valence-corrected chi connectivity index (χ3v) is 8.33. The maximum Gasteiger partial charge on any atom is 0.252 e. The number of nitrogens with one attached hydrogen (secondary N) is 2. The summed E-state index contributed by atoms with van der Waals surface area (Å²) in [5.74, 6) is -0.0469. The van der Waals surface area contributed by atoms with Crippen molar-refractivity contribution in [1.82, 2.24) is 14.9 Å². The Kier molecular flexibility index (Phi) is 4.10. The predicted octanol–water partition coefficient (Wildman–Crippen LogP) is 4.75. The summed E-state index contributed by atoms with van der Waals surface area (Å²) in [6, 6.07) is 16.4. The van der Waals surface area contributed by atoms with Gasteiger partial charge in [-0.1, -0.05) is 36.4 Å². The van der Waals surface area contributed by atoms with Crippen molar-refractivity contribution in [2.75, 3.05) is 13.7 Å². The highest BCUT2D eigenvalue weighted by atomic mass is 16.6. The van der Waals surface area contributed by atoms with Crippen molar-refractivity contribution in [3.05, 3.63) is 59.7 Å². The van der Waals surface area contributed by atoms with Gasteiger partial charge in [-0.2, -0.15) is 0 Å². The van der Waals surface area contributed by atoms with Crippen molar-refractivity contribution in [2.24, 2.45) is 0 Å². The Hall–Kier alpha value is -3.39. The van der Waals surface area contributed by atoms with Crippen molar-refractivity contribution in [1.29, 1.82) is 0 Å². The summed E-state index contributed by atoms with van der Waals surface area (Å²) in [5, 5.41) is 17.5. The summed E-state index contributed by atoms with van der Waals surface area (Å²) in [6.07, 6.45) is 0.0859. The molecular formula is C28H27N3O4. The first-order chi connectivity index (χ1) is 16.9. The fourth-order valence-corrected chi connectivity index (χ4v) is 6.46. The molecule has 4 heterocycles. The number of para-hydroxylation sites is 2. The van der Waals surface area contributed by atoms with E-state index < -0.39 is 17.4 Å². The topological polar surface area (TPSA) is 88.5 Å². The first-order valence-corrected chi connectivity index (χ1v) is 12.0. The molecule has 0 aliphatic carbocycles. The second-order valence-corrected chi connectivity index (χ2v) is 10.2. The predicted molar refractivity (Wildman–Crippen MR) is 136 cm³/mol. The largest absolute Gasteiger partial charge is 0.393 e. The molecule has 2 aliphatic rings. The molecule has 7 rings (SSSR count). The summed E-state index contributed by atoms with van der Waals surface area (Å²) >= 11 is 0. The Morgan fingerprint density at radius 3 is 2.60 bits per heavy atom. The van der Waals surface area contributed by atoms with Crippen LogP contribution in [0.15, 0.2) is 48.5 Å². The Labute approximate surface area is 201 Å². The molecule has 0 unspecified atom stereocenters. The minimum atomic E-state index is -0.844. The van der Waals surface area contributed by atoms with Crippen LogP contribution in [0.4, 0.5) is 0 Å². The van der Waals surface area contributed by atoms with E-state index in [0.29, 0.717) is 13.0 Å². The second kappa shape index (κ2) is 6.85. The van der Waals surface area contributed by atoms with Gasteiger partial charge in [-0.3, -0.25) is 4.79 Å². The van der Waals surface area contributed by atoms with Crippen LogP contribution in [-0.2, 0) is 16.0 Å². The number of carbonyl (C=O) groups excluding carboxylic acids is 1. The van der Waals surface area contributed by atoms with Gasteiger partial charge >= 0.3 is 0 Å². The highest BCUT2D eigenvalue weighted by molar-refractivity contribution is 6.30. The highest BCUT2D eigenvalue weighted by Gasteiger charge is 2.55. The van der Waals surface area contributed by atoms with Crippen LogP contribution in [-0.4, -0.2) is 45.5 Å². The molecule has 2 aromatic heterocycles. The average molecular weight is 470 g/mol. The summed E-state index contributed by atoms with van der Waals surface area (Å²) < 4.78 is 14.7. The standard InChI is InChI=1S/C28H27N3O4/c1-27(2)28(14-32,34-3)12-20(35-27)31-19-11-7-5-9-16(19)22-23-17(13-29-26(23)33)21-15-8-4-6-10-18(15)30-24(21)25(22)31/h4-11,20,30,32H,12-14H2,1-3H3,(H,29,33)/t20-,28+/m1/s1. The minimum Gasteiger partial charge on any atom is -0.393 e. The number of nitrogens with zero attached hydrogens (tertiary/aromatic N) is 1. The smallest absolute Gasteiger partial charge is 0.252 e. The molecule has 3 N–H and O–H groups in total. The zero-order chi connectivity index (χ0) is 24.1. The van der Waals surface area contributed by atoms with E-state index in [1.165, 1.54) is 0 Å². The van der Waals surface area contributed by atoms with Gasteiger partial charge in [0.15, 0.2) is 0 Å². The Morgan fingerprint density at radius 2 is 1.86 bits per heavy atom. The molecule has 1 amide bonds. The van der Waals surface area contributed by atoms with Crippen molar-refractivity contribution < 1.29 is 19.4 Å². The molecule has 0 saturated carbocycles. The fraction of sp³-hybridized carbons (Fsp3) is 0.321. The lowest BCUT2D eigenvalue weighted by molar-refractivity contribution is -0.151. The third-order valence-electron chi connectivity index (χ3n) is 8.33. The summed E-state index contributed by atoms with van der Waals surface area (Å²) in [4.78, 5) is 16.9. The lowest BCUT2D eigenvalue weighted by Gasteiger charge is -2.36. The number of methoxy groups -OCH3 is 1. The number of aliphatic hydroxyl groups excluding tert-OH is 1. The van der Waals surface area contributed by atoms with E-state index in [4.69, 9.17) is 9.47 Å². The number of ether oxygens (including phenoxy) is 2. The van der Waals surface area contributed by atoms with Crippen molar-refractivity contribution in [3.63, 3.8) is 0 Å². The van der Waals surface area contributed by atoms with Crippen LogP contribution < -0.4 is 5.32 Å². The van der Waals surface area contributed by atoms with E-state index in [9.17, 15) is 9.90 Å². The Balaban J connectivity index is 1.67. The first kappa shape index (κ1) is 20.9. The number of H-pyrrole nitrogens is 1. The van der Waals surface area contributed by atoms with E-state index in [-0.39, 0.29) is 12.5 Å². The van der Waals surface area contributed by atoms with Gasteiger partial charge in [-0.05, 0) is 31.5 Å². The maximum atomic E-state index is 13.2. The molecule has 7 nitrogen and oxygen atoms in total. The van der Waals surface area contributed by atoms with Gasteiger partial charge in [-0.25, -0.2) is 0 Å². The molecule has 0 radical (unpaired) electrons. The summed E-state index contributed by atoms with van der Waals surface area (Å²) in [5.41, 5.74) is 4.17. The number of fused-ring (bicyclic) bond motifs is 10. The molecule has 178 valence electrons. The molecule has 35 heavy (non-hydrogen) atoms. The molecule has 3 aromatic carbocycles. The van der Waals surface area contributed by atoms with Crippen molar-refractivity contribution >= 4 is 49.5 Å². The van der Waals surface area contributed by atoms with Crippen molar-refractivity contribution in [2.45, 2.75) is 44.2 Å². The van der Waals surface area contributed by atoms with E-state index >= 15 is 0 Å². The lowest BCUT2D eigenvalue weighted by atomic mass is 9.85. The molecule has 1 saturated heterocycles. The summed E-state index contributed by atoms with van der Waals surface area (Å²) in [7, 11) is 1.63. The van der Waals surface area contributed by atoms with Gasteiger partial charge < -0.3 is 29.4 Å². The van der Waals surface area contributed by atoms with Gasteiger partial charge in [0, 0.05) is 47.1 Å². The minimum absolute atomic E-state index is 0.0469. The maximum absolute atomic E-state index is 13.2. The number of benzene rings is 3. The van der Waals surface area contributed by atoms with E-state index in [1.54, 1.807) is 7.11 Å². The van der Waals surface area contributed by atoms with Gasteiger partial charge in [0.2, 0.25) is 0 Å². The van der Waals surface area contributed by atoms with Crippen LogP contribution in [0, 0.1) is 0 Å². The molecule has 0 bridgehead atoms. The van der Waals surface area contributed by atoms with Gasteiger partial charge in [0.25, 0.3) is 5.91 Å². The molecule has 5 aromatic rings. The number of hydrogen-bond donors (Lipinski definition) is 3. The highest BCUT2D eigenvalue weighted by Crippen LogP contribution is 2.50. The number of carbonyl (C=O) groups is 1. The van der Waals surface area contributed by atoms with Crippen LogP contribution in [0.25, 0.3) is 43.6 Å². The van der Waals surface area contributed by atoms with Gasteiger partial charge in [-0.15, -0.1) is 0 Å². The Bertz CT molecular complexity index is 1690. The van der Waals surface area contributed by atoms with Crippen LogP contribution in [0.2, 0.25) is 0 Å². The quantitative estimate of drug-likeness (QED) is 0.356. The van der Waals surface area contributed by atoms with Crippen LogP contribution in [0.1, 0.15) is 42.4 Å². The van der Waals surface area contributed by atoms with E-state index in [2.05, 4.69) is 39.1 Å². The number of aromatic amines is 1. The molecule has 2 aliphatic heterocycles. The molecule has 7 heteroatoms. The fourth-order valence-electron chi connectivity index (χ4n) is 6.46. The number of aromatic nitrogens is 2. The van der Waals surface area contributed by atoms with E-state index in [1.807, 2.05) is 38.1 Å². The van der Waals surface area contributed by atoms with Crippen LogP contribution >= 0.6 is 0 Å². The van der Waals surface area contributed by atoms with E-state index in [0.717, 1.165) is 54.7 Å². The zero-order valence-corrected chi connectivity index (χ0v) is 19.9. The summed E-state index contributed by atoms with van der Waals surface area (Å²) in [6.45, 7) is 4.28. The Morgan fingerprint density at radius 1 is 1.11 bits per heavy atom. The van der Waals surface area contributed by atoms with Crippen LogP contribution in [0.5, 0.6) is 0 Å². The second-order valence-electron chi connectivity index (χ2n) is 10.2. The molecular weight excluding hydrogens is 442 g/mol. The van der Waals surface area contributed by atoms with Crippen LogP contribution in [0.3, 0.4) is 0 Å². The molecule has 0 spiro atoms.